The van der Waals surface area contributed by atoms with Crippen LogP contribution in [0.1, 0.15) is 29.9 Å². The smallest absolute Gasteiger partial charge is 0.265 e. The van der Waals surface area contributed by atoms with E-state index >= 15 is 0 Å². The average molecular weight is 281 g/mol. The van der Waals surface area contributed by atoms with Gasteiger partial charge in [-0.1, -0.05) is 24.4 Å². The van der Waals surface area contributed by atoms with E-state index in [1.165, 1.54) is 0 Å². The first-order valence-corrected chi connectivity index (χ1v) is 7.48. The van der Waals surface area contributed by atoms with Crippen molar-refractivity contribution in [3.05, 3.63) is 22.4 Å². The van der Waals surface area contributed by atoms with E-state index in [2.05, 4.69) is 28.8 Å². The lowest BCUT2D eigenvalue weighted by Gasteiger charge is -2.06. The van der Waals surface area contributed by atoms with Gasteiger partial charge in [0.1, 0.15) is 10.6 Å². The zero-order valence-corrected chi connectivity index (χ0v) is 12.0. The number of nitrogens with one attached hydrogen (secondary N) is 1. The van der Waals surface area contributed by atoms with Crippen LogP contribution >= 0.6 is 22.9 Å². The molecule has 0 fully saturated rings. The van der Waals surface area contributed by atoms with Crippen molar-refractivity contribution in [3.8, 4) is 10.6 Å². The van der Waals surface area contributed by atoms with Crippen molar-refractivity contribution >= 4 is 28.8 Å². The quantitative estimate of drug-likeness (QED) is 0.916. The number of hydrogen-bond acceptors (Lipinski definition) is 5. The van der Waals surface area contributed by atoms with Crippen LogP contribution in [0.5, 0.6) is 0 Å². The molecule has 0 saturated heterocycles. The Balaban J connectivity index is 2.05. The van der Waals surface area contributed by atoms with Gasteiger partial charge in [0.15, 0.2) is 0 Å². The number of amides is 1. The second-order valence-corrected chi connectivity index (χ2v) is 6.07. The van der Waals surface area contributed by atoms with Crippen molar-refractivity contribution in [1.29, 1.82) is 0 Å². The number of rotatable bonds is 5. The molecular formula is C12H15N3OS2. The predicted molar refractivity (Wildman–Crippen MR) is 75.0 cm³/mol. The van der Waals surface area contributed by atoms with Crippen molar-refractivity contribution in [1.82, 2.24) is 14.9 Å². The Bertz CT molecular complexity index is 505. The van der Waals surface area contributed by atoms with Crippen LogP contribution in [0.15, 0.2) is 17.5 Å². The predicted octanol–water partition coefficient (Wildman–Crippen LogP) is 3.04. The van der Waals surface area contributed by atoms with E-state index in [-0.39, 0.29) is 5.91 Å². The van der Waals surface area contributed by atoms with Crippen LogP contribution in [0.25, 0.3) is 10.6 Å². The maximum atomic E-state index is 12.0. The molecule has 18 heavy (non-hydrogen) atoms. The van der Waals surface area contributed by atoms with Crippen LogP contribution in [0.4, 0.5) is 0 Å². The van der Waals surface area contributed by atoms with Gasteiger partial charge in [-0.3, -0.25) is 4.79 Å². The fraction of sp³-hybridized carbons (Fsp3) is 0.417. The molecule has 2 aromatic heterocycles. The normalized spacial score (nSPS) is 10.8. The van der Waals surface area contributed by atoms with Gasteiger partial charge >= 0.3 is 0 Å². The zero-order chi connectivity index (χ0) is 13.0. The third kappa shape index (κ3) is 3.14. The summed E-state index contributed by atoms with van der Waals surface area (Å²) in [5, 5.41) is 8.92. The maximum Gasteiger partial charge on any atom is 0.265 e. The van der Waals surface area contributed by atoms with E-state index < -0.39 is 0 Å². The van der Waals surface area contributed by atoms with Crippen molar-refractivity contribution in [3.63, 3.8) is 0 Å². The Morgan fingerprint density at radius 1 is 1.50 bits per heavy atom. The Morgan fingerprint density at radius 3 is 3.00 bits per heavy atom. The van der Waals surface area contributed by atoms with Crippen LogP contribution in [-0.4, -0.2) is 22.0 Å². The highest BCUT2D eigenvalue weighted by atomic mass is 32.1. The first-order chi connectivity index (χ1) is 8.68. The van der Waals surface area contributed by atoms with Gasteiger partial charge in [-0.2, -0.15) is 0 Å². The number of aromatic nitrogens is 2. The highest BCUT2D eigenvalue weighted by Gasteiger charge is 2.17. The van der Waals surface area contributed by atoms with Crippen molar-refractivity contribution in [2.24, 2.45) is 5.92 Å². The maximum absolute atomic E-state index is 12.0. The van der Waals surface area contributed by atoms with E-state index in [4.69, 9.17) is 0 Å². The molecule has 0 aliphatic carbocycles. The molecule has 1 N–H and O–H groups in total. The van der Waals surface area contributed by atoms with Gasteiger partial charge in [-0.25, -0.2) is 0 Å². The number of carbonyl (C=O) groups is 1. The van der Waals surface area contributed by atoms with Crippen LogP contribution in [0.2, 0.25) is 0 Å². The summed E-state index contributed by atoms with van der Waals surface area (Å²) in [7, 11) is 0. The zero-order valence-electron chi connectivity index (χ0n) is 10.3. The van der Waals surface area contributed by atoms with Crippen LogP contribution in [0, 0.1) is 5.92 Å². The molecular weight excluding hydrogens is 266 g/mol. The lowest BCUT2D eigenvalue weighted by Crippen LogP contribution is -2.24. The first-order valence-electron chi connectivity index (χ1n) is 5.83. The molecule has 0 saturated carbocycles. The largest absolute Gasteiger partial charge is 0.351 e. The van der Waals surface area contributed by atoms with Crippen molar-refractivity contribution in [2.45, 2.75) is 20.3 Å². The van der Waals surface area contributed by atoms with Gasteiger partial charge in [0.2, 0.25) is 0 Å². The molecule has 0 aliphatic rings. The molecule has 4 nitrogen and oxygen atoms in total. The molecule has 0 atom stereocenters. The van der Waals surface area contributed by atoms with E-state index in [1.807, 2.05) is 17.5 Å². The van der Waals surface area contributed by atoms with Gasteiger partial charge < -0.3 is 5.32 Å². The molecule has 0 aromatic carbocycles. The highest BCUT2D eigenvalue weighted by molar-refractivity contribution is 7.14. The minimum atomic E-state index is -0.0750. The fourth-order valence-electron chi connectivity index (χ4n) is 1.47. The molecule has 2 aromatic rings. The molecule has 0 bridgehead atoms. The lowest BCUT2D eigenvalue weighted by molar-refractivity contribution is 0.0956. The monoisotopic (exact) mass is 281 g/mol. The van der Waals surface area contributed by atoms with Gasteiger partial charge in [-0.05, 0) is 35.3 Å². The molecule has 2 rings (SSSR count). The van der Waals surface area contributed by atoms with Gasteiger partial charge in [0.25, 0.3) is 5.91 Å². The molecule has 0 spiro atoms. The first kappa shape index (κ1) is 13.2. The Kier molecular flexibility index (Phi) is 4.43. The Morgan fingerprint density at radius 2 is 2.33 bits per heavy atom. The van der Waals surface area contributed by atoms with Crippen LogP contribution < -0.4 is 5.32 Å². The Labute approximate surface area is 114 Å². The second kappa shape index (κ2) is 6.06. The minimum absolute atomic E-state index is 0.0750. The summed E-state index contributed by atoms with van der Waals surface area (Å²) in [6, 6.07) is 3.89. The van der Waals surface area contributed by atoms with Gasteiger partial charge in [0, 0.05) is 6.54 Å². The topological polar surface area (TPSA) is 54.9 Å². The third-order valence-corrected chi connectivity index (χ3v) is 4.06. The standard InChI is InChI=1S/C12H15N3OS2/c1-8(2)5-6-13-12(16)11-10(14-15-18-11)9-4-3-7-17-9/h3-4,7-8H,5-6H2,1-2H3,(H,13,16). The van der Waals surface area contributed by atoms with Crippen molar-refractivity contribution in [2.75, 3.05) is 6.54 Å². The Hall–Kier alpha value is -1.27. The lowest BCUT2D eigenvalue weighted by atomic mass is 10.1. The van der Waals surface area contributed by atoms with E-state index in [0.29, 0.717) is 23.0 Å². The van der Waals surface area contributed by atoms with Gasteiger partial charge in [0.05, 0.1) is 4.88 Å². The summed E-state index contributed by atoms with van der Waals surface area (Å²) in [6.45, 7) is 4.97. The van der Waals surface area contributed by atoms with Crippen molar-refractivity contribution < 1.29 is 4.79 Å². The van der Waals surface area contributed by atoms with Crippen LogP contribution in [0.3, 0.4) is 0 Å². The average Bonchev–Trinajstić information content (AvgIpc) is 2.99. The second-order valence-electron chi connectivity index (χ2n) is 4.37. The summed E-state index contributed by atoms with van der Waals surface area (Å²) < 4.78 is 3.88. The highest BCUT2D eigenvalue weighted by Crippen LogP contribution is 2.27. The number of hydrogen-bond donors (Lipinski definition) is 1. The molecule has 0 aliphatic heterocycles. The summed E-state index contributed by atoms with van der Waals surface area (Å²) in [5.41, 5.74) is 0.692. The molecule has 1 amide bonds. The number of thiophene rings is 1. The summed E-state index contributed by atoms with van der Waals surface area (Å²) in [5.74, 6) is 0.510. The molecule has 96 valence electrons. The fourth-order valence-corrected chi connectivity index (χ4v) is 2.85. The molecule has 6 heteroatoms. The SMILES string of the molecule is CC(C)CCNC(=O)c1snnc1-c1cccs1. The minimum Gasteiger partial charge on any atom is -0.351 e. The van der Waals surface area contributed by atoms with E-state index in [9.17, 15) is 4.79 Å². The van der Waals surface area contributed by atoms with Crippen LogP contribution in [-0.2, 0) is 0 Å². The summed E-state index contributed by atoms with van der Waals surface area (Å²) in [4.78, 5) is 13.6. The molecule has 0 unspecified atom stereocenters. The summed E-state index contributed by atoms with van der Waals surface area (Å²) in [6.07, 6.45) is 0.978. The van der Waals surface area contributed by atoms with Gasteiger partial charge in [-0.15, -0.1) is 16.4 Å². The summed E-state index contributed by atoms with van der Waals surface area (Å²) >= 11 is 2.71. The van der Waals surface area contributed by atoms with E-state index in [0.717, 1.165) is 22.8 Å². The number of carbonyl (C=O) groups excluding carboxylic acids is 1. The third-order valence-electron chi connectivity index (χ3n) is 2.46. The molecule has 0 radical (unpaired) electrons. The molecule has 2 heterocycles. The number of nitrogens with zero attached hydrogens (tertiary/aromatic N) is 2. The van der Waals surface area contributed by atoms with E-state index in [1.54, 1.807) is 11.3 Å².